The Morgan fingerprint density at radius 1 is 1.44 bits per heavy atom. The van der Waals surface area contributed by atoms with Gasteiger partial charge in [0.05, 0.1) is 6.61 Å². The van der Waals surface area contributed by atoms with Gasteiger partial charge in [-0.1, -0.05) is 19.4 Å². The Hall–Kier alpha value is -1.58. The summed E-state index contributed by atoms with van der Waals surface area (Å²) >= 11 is 0. The molecule has 0 aromatic carbocycles. The second kappa shape index (κ2) is 8.71. The van der Waals surface area contributed by atoms with E-state index >= 15 is 0 Å². The van der Waals surface area contributed by atoms with Gasteiger partial charge in [0.1, 0.15) is 0 Å². The fourth-order valence-electron chi connectivity index (χ4n) is 1.15. The molecule has 1 atom stereocenters. The number of hydrogen-bond acceptors (Lipinski definition) is 3. The molecular weight excluding hydrogens is 208 g/mol. The van der Waals surface area contributed by atoms with Crippen LogP contribution in [0, 0.1) is 5.92 Å². The Balaban J connectivity index is 3.87. The van der Waals surface area contributed by atoms with E-state index < -0.39 is 11.9 Å². The van der Waals surface area contributed by atoms with Crippen LogP contribution in [-0.2, 0) is 14.3 Å². The van der Waals surface area contributed by atoms with Crippen molar-refractivity contribution in [3.8, 4) is 0 Å². The molecule has 0 aliphatic carbocycles. The van der Waals surface area contributed by atoms with Crippen molar-refractivity contribution in [2.45, 2.75) is 26.2 Å². The highest BCUT2D eigenvalue weighted by Crippen LogP contribution is 2.11. The van der Waals surface area contributed by atoms with E-state index in [0.717, 1.165) is 31.4 Å². The van der Waals surface area contributed by atoms with Gasteiger partial charge in [-0.05, 0) is 18.8 Å². The summed E-state index contributed by atoms with van der Waals surface area (Å²) in [5, 5.41) is 8.30. The van der Waals surface area contributed by atoms with Crippen molar-refractivity contribution in [2.24, 2.45) is 5.92 Å². The van der Waals surface area contributed by atoms with Crippen LogP contribution in [0.1, 0.15) is 26.2 Å². The van der Waals surface area contributed by atoms with Crippen LogP contribution in [0.25, 0.3) is 0 Å². The van der Waals surface area contributed by atoms with Crippen LogP contribution in [0.2, 0.25) is 0 Å². The zero-order chi connectivity index (χ0) is 12.4. The predicted molar refractivity (Wildman–Crippen MR) is 60.9 cm³/mol. The number of carbonyl (C=O) groups is 2. The average Bonchev–Trinajstić information content (AvgIpc) is 2.26. The first-order chi connectivity index (χ1) is 7.60. The molecule has 90 valence electrons. The highest BCUT2D eigenvalue weighted by atomic mass is 16.5. The molecule has 0 spiro atoms. The van der Waals surface area contributed by atoms with Crippen LogP contribution in [0.15, 0.2) is 24.8 Å². The second-order valence-corrected chi connectivity index (χ2v) is 3.44. The highest BCUT2D eigenvalue weighted by molar-refractivity contribution is 5.90. The van der Waals surface area contributed by atoms with Crippen molar-refractivity contribution in [3.05, 3.63) is 24.8 Å². The van der Waals surface area contributed by atoms with Crippen molar-refractivity contribution in [1.29, 1.82) is 0 Å². The van der Waals surface area contributed by atoms with E-state index in [9.17, 15) is 9.59 Å². The number of aliphatic carboxylic acids is 1. The predicted octanol–water partition coefficient (Wildman–Crippen LogP) is 2.16. The summed E-state index contributed by atoms with van der Waals surface area (Å²) in [6.45, 7) is 5.98. The third kappa shape index (κ3) is 7.79. The minimum atomic E-state index is -1.16. The van der Waals surface area contributed by atoms with Crippen molar-refractivity contribution in [1.82, 2.24) is 0 Å². The number of carbonyl (C=O) groups excluding carboxylic acids is 1. The van der Waals surface area contributed by atoms with Gasteiger partial charge in [-0.25, -0.2) is 9.59 Å². The van der Waals surface area contributed by atoms with Gasteiger partial charge in [-0.15, -0.1) is 6.58 Å². The third-order valence-electron chi connectivity index (χ3n) is 2.18. The van der Waals surface area contributed by atoms with Crippen LogP contribution in [0.3, 0.4) is 0 Å². The van der Waals surface area contributed by atoms with Gasteiger partial charge in [0.2, 0.25) is 0 Å². The van der Waals surface area contributed by atoms with Gasteiger partial charge in [0.15, 0.2) is 0 Å². The maximum atomic E-state index is 11.0. The summed E-state index contributed by atoms with van der Waals surface area (Å²) in [6, 6.07) is 0. The summed E-state index contributed by atoms with van der Waals surface area (Å²) in [7, 11) is 0. The topological polar surface area (TPSA) is 63.6 Å². The van der Waals surface area contributed by atoms with E-state index in [4.69, 9.17) is 9.84 Å². The van der Waals surface area contributed by atoms with Crippen LogP contribution in [-0.4, -0.2) is 23.7 Å². The number of hydrogen-bond donors (Lipinski definition) is 1. The van der Waals surface area contributed by atoms with Crippen LogP contribution >= 0.6 is 0 Å². The van der Waals surface area contributed by atoms with Crippen molar-refractivity contribution < 1.29 is 19.4 Å². The Morgan fingerprint density at radius 2 is 2.12 bits per heavy atom. The van der Waals surface area contributed by atoms with Crippen molar-refractivity contribution in [2.75, 3.05) is 6.61 Å². The lowest BCUT2D eigenvalue weighted by molar-refractivity contribution is -0.140. The van der Waals surface area contributed by atoms with E-state index in [-0.39, 0.29) is 0 Å². The van der Waals surface area contributed by atoms with Gasteiger partial charge in [-0.2, -0.15) is 0 Å². The molecule has 0 heterocycles. The van der Waals surface area contributed by atoms with E-state index in [0.29, 0.717) is 12.5 Å². The molecule has 0 rings (SSSR count). The average molecular weight is 226 g/mol. The van der Waals surface area contributed by atoms with Gasteiger partial charge in [-0.3, -0.25) is 0 Å². The summed E-state index contributed by atoms with van der Waals surface area (Å²) in [6.07, 6.45) is 6.26. The second-order valence-electron chi connectivity index (χ2n) is 3.44. The smallest absolute Gasteiger partial charge is 0.331 e. The first-order valence-corrected chi connectivity index (χ1v) is 5.28. The molecule has 0 radical (unpaired) electrons. The lowest BCUT2D eigenvalue weighted by Gasteiger charge is -2.12. The maximum absolute atomic E-state index is 11.0. The highest BCUT2D eigenvalue weighted by Gasteiger charge is 2.07. The maximum Gasteiger partial charge on any atom is 0.331 e. The standard InChI is InChI=1S/C12H18O4/c1-3-5-6-10(4-2)9-16-12(15)8-7-11(13)14/h3,7-8,10H,1,4-6,9H2,2H3,(H,13,14)/b8-7-/t10-/m0/s1. The number of ether oxygens (including phenoxy) is 1. The number of esters is 1. The van der Waals surface area contributed by atoms with E-state index in [1.54, 1.807) is 0 Å². The largest absolute Gasteiger partial charge is 0.478 e. The van der Waals surface area contributed by atoms with Crippen molar-refractivity contribution in [3.63, 3.8) is 0 Å². The van der Waals surface area contributed by atoms with Crippen LogP contribution in [0.4, 0.5) is 0 Å². The normalized spacial score (nSPS) is 12.3. The quantitative estimate of drug-likeness (QED) is 0.391. The fourth-order valence-corrected chi connectivity index (χ4v) is 1.15. The van der Waals surface area contributed by atoms with Gasteiger partial charge in [0, 0.05) is 12.2 Å². The van der Waals surface area contributed by atoms with Crippen LogP contribution in [0.5, 0.6) is 0 Å². The minimum absolute atomic E-state index is 0.306. The zero-order valence-electron chi connectivity index (χ0n) is 9.52. The third-order valence-corrected chi connectivity index (χ3v) is 2.18. The first-order valence-electron chi connectivity index (χ1n) is 5.28. The van der Waals surface area contributed by atoms with Gasteiger partial charge in [0.25, 0.3) is 0 Å². The summed E-state index contributed by atoms with van der Waals surface area (Å²) < 4.78 is 4.92. The Morgan fingerprint density at radius 3 is 2.62 bits per heavy atom. The molecule has 0 saturated heterocycles. The Bertz CT molecular complexity index is 268. The molecule has 0 fully saturated rings. The molecule has 4 nitrogen and oxygen atoms in total. The SMILES string of the molecule is C=CCC[C@H](CC)COC(=O)/C=C\C(=O)O. The molecule has 0 aliphatic rings. The molecule has 16 heavy (non-hydrogen) atoms. The summed E-state index contributed by atoms with van der Waals surface area (Å²) in [4.78, 5) is 21.2. The Labute approximate surface area is 95.6 Å². The van der Waals surface area contributed by atoms with Gasteiger partial charge < -0.3 is 9.84 Å². The molecule has 0 unspecified atom stereocenters. The Kier molecular flexibility index (Phi) is 7.85. The zero-order valence-corrected chi connectivity index (χ0v) is 9.52. The molecule has 0 aromatic heterocycles. The monoisotopic (exact) mass is 226 g/mol. The van der Waals surface area contributed by atoms with E-state index in [1.165, 1.54) is 0 Å². The molecule has 0 saturated carbocycles. The summed E-state index contributed by atoms with van der Waals surface area (Å²) in [5.74, 6) is -1.46. The summed E-state index contributed by atoms with van der Waals surface area (Å²) in [5.41, 5.74) is 0. The number of carboxylic acids is 1. The molecule has 0 aliphatic heterocycles. The van der Waals surface area contributed by atoms with Crippen molar-refractivity contribution >= 4 is 11.9 Å². The van der Waals surface area contributed by atoms with Gasteiger partial charge >= 0.3 is 11.9 Å². The lowest BCUT2D eigenvalue weighted by Crippen LogP contribution is -2.12. The number of allylic oxidation sites excluding steroid dienone is 1. The van der Waals surface area contributed by atoms with Crippen LogP contribution < -0.4 is 0 Å². The minimum Gasteiger partial charge on any atom is -0.478 e. The lowest BCUT2D eigenvalue weighted by atomic mass is 10.0. The fraction of sp³-hybridized carbons (Fsp3) is 0.500. The number of rotatable bonds is 8. The molecule has 0 amide bonds. The van der Waals surface area contributed by atoms with E-state index in [1.807, 2.05) is 13.0 Å². The number of carboxylic acid groups (broad SMARTS) is 1. The first kappa shape index (κ1) is 14.4. The molecule has 1 N–H and O–H groups in total. The molecule has 0 aromatic rings. The molecular formula is C12H18O4. The molecule has 4 heteroatoms. The van der Waals surface area contributed by atoms with E-state index in [2.05, 4.69) is 6.58 Å². The molecule has 0 bridgehead atoms.